The van der Waals surface area contributed by atoms with E-state index in [1.807, 2.05) is 0 Å². The first-order valence-corrected chi connectivity index (χ1v) is 5.76. The molecule has 2 atom stereocenters. The normalized spacial score (nSPS) is 27.8. The number of rotatable bonds is 2. The summed E-state index contributed by atoms with van der Waals surface area (Å²) in [5, 5.41) is 0. The summed E-state index contributed by atoms with van der Waals surface area (Å²) in [4.78, 5) is 0. The molecule has 2 aliphatic carbocycles. The molecule has 15 heavy (non-hydrogen) atoms. The Morgan fingerprint density at radius 2 is 1.87 bits per heavy atom. The first-order valence-electron chi connectivity index (χ1n) is 5.76. The predicted octanol–water partition coefficient (Wildman–Crippen LogP) is 3.75. The van der Waals surface area contributed by atoms with Crippen molar-refractivity contribution in [2.45, 2.75) is 19.8 Å². The molecule has 0 spiro atoms. The summed E-state index contributed by atoms with van der Waals surface area (Å²) in [6.45, 7) is 2.26. The molecule has 0 heterocycles. The average Bonchev–Trinajstić information content (AvgIpc) is 2.78. The Bertz CT molecular complexity index is 423. The van der Waals surface area contributed by atoms with E-state index in [-0.39, 0.29) is 0 Å². The highest BCUT2D eigenvalue weighted by Crippen LogP contribution is 2.43. The zero-order valence-electron chi connectivity index (χ0n) is 9.11. The van der Waals surface area contributed by atoms with Crippen LogP contribution in [-0.2, 0) is 6.42 Å². The van der Waals surface area contributed by atoms with E-state index in [0.29, 0.717) is 0 Å². The number of benzene rings is 1. The van der Waals surface area contributed by atoms with Crippen molar-refractivity contribution in [3.63, 3.8) is 0 Å². The topological polar surface area (TPSA) is 0 Å². The summed E-state index contributed by atoms with van der Waals surface area (Å²) in [6, 6.07) is 10.8. The SMILES string of the molecule is CC1=C[C@@H]2C[C@H]1C=C2Cc1ccccc1. The number of hydrogen-bond donors (Lipinski definition) is 0. The van der Waals surface area contributed by atoms with Crippen LogP contribution >= 0.6 is 0 Å². The Balaban J connectivity index is 1.78. The van der Waals surface area contributed by atoms with Crippen LogP contribution in [0.2, 0.25) is 0 Å². The summed E-state index contributed by atoms with van der Waals surface area (Å²) in [7, 11) is 0. The Hall–Kier alpha value is -1.30. The van der Waals surface area contributed by atoms with E-state index in [4.69, 9.17) is 0 Å². The Labute approximate surface area is 91.3 Å². The Kier molecular flexibility index (Phi) is 2.02. The van der Waals surface area contributed by atoms with Gasteiger partial charge in [0.2, 0.25) is 0 Å². The van der Waals surface area contributed by atoms with Gasteiger partial charge < -0.3 is 0 Å². The summed E-state index contributed by atoms with van der Waals surface area (Å²) in [6.07, 6.45) is 7.44. The fourth-order valence-corrected chi connectivity index (χ4v) is 2.83. The zero-order chi connectivity index (χ0) is 10.3. The molecule has 1 aromatic carbocycles. The van der Waals surface area contributed by atoms with Gasteiger partial charge in [-0.2, -0.15) is 0 Å². The minimum absolute atomic E-state index is 0.746. The largest absolute Gasteiger partial charge is 0.0778 e. The molecule has 76 valence electrons. The van der Waals surface area contributed by atoms with Gasteiger partial charge in [-0.3, -0.25) is 0 Å². The van der Waals surface area contributed by atoms with Crippen molar-refractivity contribution in [1.82, 2.24) is 0 Å². The van der Waals surface area contributed by atoms with Gasteiger partial charge in [0, 0.05) is 0 Å². The lowest BCUT2D eigenvalue weighted by Gasteiger charge is -2.11. The third-order valence-electron chi connectivity index (χ3n) is 3.70. The van der Waals surface area contributed by atoms with Crippen LogP contribution in [0.1, 0.15) is 18.9 Å². The van der Waals surface area contributed by atoms with Crippen molar-refractivity contribution in [1.29, 1.82) is 0 Å². The average molecular weight is 196 g/mol. The molecule has 1 aromatic rings. The minimum Gasteiger partial charge on any atom is -0.0778 e. The molecule has 0 aliphatic heterocycles. The maximum absolute atomic E-state index is 2.49. The molecule has 2 bridgehead atoms. The molecule has 0 fully saturated rings. The van der Waals surface area contributed by atoms with E-state index in [1.165, 1.54) is 12.0 Å². The van der Waals surface area contributed by atoms with Crippen molar-refractivity contribution < 1.29 is 0 Å². The molecule has 0 unspecified atom stereocenters. The first kappa shape index (κ1) is 8.96. The van der Waals surface area contributed by atoms with E-state index >= 15 is 0 Å². The van der Waals surface area contributed by atoms with E-state index in [1.54, 1.807) is 11.1 Å². The molecule has 0 saturated heterocycles. The molecular formula is C15H16. The fraction of sp³-hybridized carbons (Fsp3) is 0.333. The van der Waals surface area contributed by atoms with Gasteiger partial charge >= 0.3 is 0 Å². The third-order valence-corrected chi connectivity index (χ3v) is 3.70. The Morgan fingerprint density at radius 1 is 1.07 bits per heavy atom. The van der Waals surface area contributed by atoms with Crippen LogP contribution in [0.25, 0.3) is 0 Å². The molecule has 2 aliphatic rings. The van der Waals surface area contributed by atoms with Crippen LogP contribution < -0.4 is 0 Å². The summed E-state index contributed by atoms with van der Waals surface area (Å²) >= 11 is 0. The molecule has 0 heteroatoms. The smallest absolute Gasteiger partial charge is 0.000827 e. The van der Waals surface area contributed by atoms with Crippen molar-refractivity contribution in [3.05, 3.63) is 59.2 Å². The summed E-state index contributed by atoms with van der Waals surface area (Å²) < 4.78 is 0. The molecule has 3 rings (SSSR count). The van der Waals surface area contributed by atoms with Crippen LogP contribution in [0.4, 0.5) is 0 Å². The summed E-state index contributed by atoms with van der Waals surface area (Å²) in [5.74, 6) is 1.50. The maximum atomic E-state index is 2.49. The van der Waals surface area contributed by atoms with Crippen LogP contribution in [0.15, 0.2) is 53.6 Å². The predicted molar refractivity (Wildman–Crippen MR) is 63.6 cm³/mol. The van der Waals surface area contributed by atoms with Crippen molar-refractivity contribution in [2.24, 2.45) is 11.8 Å². The van der Waals surface area contributed by atoms with Crippen molar-refractivity contribution >= 4 is 0 Å². The summed E-state index contributed by atoms with van der Waals surface area (Å²) in [5.41, 5.74) is 4.66. The number of allylic oxidation sites excluding steroid dienone is 4. The lowest BCUT2D eigenvalue weighted by molar-refractivity contribution is 0.693. The third kappa shape index (κ3) is 1.54. The van der Waals surface area contributed by atoms with Crippen molar-refractivity contribution in [3.8, 4) is 0 Å². The second-order valence-corrected chi connectivity index (χ2v) is 4.76. The molecule has 0 amide bonds. The molecule has 0 radical (unpaired) electrons. The molecule has 0 saturated carbocycles. The van der Waals surface area contributed by atoms with Crippen LogP contribution in [0.3, 0.4) is 0 Å². The van der Waals surface area contributed by atoms with E-state index in [2.05, 4.69) is 49.4 Å². The van der Waals surface area contributed by atoms with Gasteiger partial charge in [0.25, 0.3) is 0 Å². The van der Waals surface area contributed by atoms with E-state index < -0.39 is 0 Å². The van der Waals surface area contributed by atoms with Gasteiger partial charge in [0.05, 0.1) is 0 Å². The number of fused-ring (bicyclic) bond motifs is 2. The maximum Gasteiger partial charge on any atom is -0.000827 e. The van der Waals surface area contributed by atoms with Crippen LogP contribution in [0, 0.1) is 11.8 Å². The van der Waals surface area contributed by atoms with Gasteiger partial charge in [0.1, 0.15) is 0 Å². The highest BCUT2D eigenvalue weighted by atomic mass is 14.4. The molecule has 0 aromatic heterocycles. The van der Waals surface area contributed by atoms with Gasteiger partial charge in [-0.25, -0.2) is 0 Å². The molecular weight excluding hydrogens is 180 g/mol. The highest BCUT2D eigenvalue weighted by Gasteiger charge is 2.31. The lowest BCUT2D eigenvalue weighted by Crippen LogP contribution is -1.98. The zero-order valence-corrected chi connectivity index (χ0v) is 9.11. The van der Waals surface area contributed by atoms with Crippen molar-refractivity contribution in [2.75, 3.05) is 0 Å². The Morgan fingerprint density at radius 3 is 2.47 bits per heavy atom. The van der Waals surface area contributed by atoms with Crippen LogP contribution in [0.5, 0.6) is 0 Å². The monoisotopic (exact) mass is 196 g/mol. The number of hydrogen-bond acceptors (Lipinski definition) is 0. The van der Waals surface area contributed by atoms with E-state index in [0.717, 1.165) is 18.3 Å². The lowest BCUT2D eigenvalue weighted by atomic mass is 9.94. The quantitative estimate of drug-likeness (QED) is 0.632. The standard InChI is InChI=1S/C15H16/c1-11-7-14-9-13(11)10-15(14)8-12-5-3-2-4-6-12/h2-7,10,13-14H,8-9H2,1H3/t13-,14+/m0/s1. The van der Waals surface area contributed by atoms with Crippen LogP contribution in [-0.4, -0.2) is 0 Å². The van der Waals surface area contributed by atoms with Gasteiger partial charge in [-0.15, -0.1) is 0 Å². The van der Waals surface area contributed by atoms with Gasteiger partial charge in [0.15, 0.2) is 0 Å². The fourth-order valence-electron chi connectivity index (χ4n) is 2.83. The second-order valence-electron chi connectivity index (χ2n) is 4.76. The molecule has 0 N–H and O–H groups in total. The first-order chi connectivity index (χ1) is 7.33. The molecule has 0 nitrogen and oxygen atoms in total. The second kappa shape index (κ2) is 3.37. The minimum atomic E-state index is 0.746. The van der Waals surface area contributed by atoms with Gasteiger partial charge in [-0.1, -0.05) is 53.6 Å². The van der Waals surface area contributed by atoms with E-state index in [9.17, 15) is 0 Å². The highest BCUT2D eigenvalue weighted by molar-refractivity contribution is 5.37. The van der Waals surface area contributed by atoms with Gasteiger partial charge in [-0.05, 0) is 37.2 Å².